The number of nitrogens with zero attached hydrogens (tertiary/aromatic N) is 2. The fourth-order valence-electron chi connectivity index (χ4n) is 2.85. The van der Waals surface area contributed by atoms with Crippen molar-refractivity contribution in [2.75, 3.05) is 0 Å². The van der Waals surface area contributed by atoms with Gasteiger partial charge in [-0.25, -0.2) is 0 Å². The van der Waals surface area contributed by atoms with Gasteiger partial charge in [-0.1, -0.05) is 47.1 Å². The molecule has 0 amide bonds. The molecule has 0 N–H and O–H groups in total. The molecule has 0 saturated carbocycles. The summed E-state index contributed by atoms with van der Waals surface area (Å²) in [5, 5.41) is 8.43. The number of carbonyl (C=O) groups is 1. The predicted octanol–water partition coefficient (Wildman–Crippen LogP) is 5.58. The lowest BCUT2D eigenvalue weighted by Crippen LogP contribution is -2.10. The Morgan fingerprint density at radius 1 is 1.14 bits per heavy atom. The van der Waals surface area contributed by atoms with Crippen molar-refractivity contribution in [2.24, 2.45) is 0 Å². The molecule has 2 aromatic heterocycles. The molecule has 0 aliphatic carbocycles. The summed E-state index contributed by atoms with van der Waals surface area (Å²) in [6.07, 6.45) is 1.08. The largest absolute Gasteiger partial charge is 0.426 e. The number of thiophene rings is 1. The third-order valence-electron chi connectivity index (χ3n) is 4.27. The van der Waals surface area contributed by atoms with Crippen molar-refractivity contribution in [1.29, 1.82) is 0 Å². The van der Waals surface area contributed by atoms with Gasteiger partial charge in [0.25, 0.3) is 0 Å². The van der Waals surface area contributed by atoms with Gasteiger partial charge in [0.05, 0.1) is 6.42 Å². The molecule has 0 saturated heterocycles. The molecule has 29 heavy (non-hydrogen) atoms. The van der Waals surface area contributed by atoms with Gasteiger partial charge in [0, 0.05) is 34.4 Å². The maximum Gasteiger partial charge on any atom is 0.311 e. The van der Waals surface area contributed by atoms with Crippen molar-refractivity contribution in [2.45, 2.75) is 19.3 Å². The molecular formula is C22H17ClN2O3S. The summed E-state index contributed by atoms with van der Waals surface area (Å²) in [5.41, 5.74) is 2.87. The van der Waals surface area contributed by atoms with Crippen LogP contribution in [0.4, 0.5) is 0 Å². The van der Waals surface area contributed by atoms with Gasteiger partial charge in [-0.15, -0.1) is 0 Å². The highest BCUT2D eigenvalue weighted by Gasteiger charge is 2.14. The number of benzene rings is 2. The number of carbonyl (C=O) groups excluding carboxylic acids is 1. The van der Waals surface area contributed by atoms with E-state index in [1.54, 1.807) is 23.5 Å². The van der Waals surface area contributed by atoms with Gasteiger partial charge >= 0.3 is 5.97 Å². The third-order valence-corrected chi connectivity index (χ3v) is 5.19. The molecule has 146 valence electrons. The molecule has 0 fully saturated rings. The molecule has 7 heteroatoms. The fourth-order valence-corrected chi connectivity index (χ4v) is 3.68. The molecule has 0 unspecified atom stereocenters. The van der Waals surface area contributed by atoms with Crippen molar-refractivity contribution >= 4 is 28.9 Å². The first-order valence-corrected chi connectivity index (χ1v) is 10.4. The lowest BCUT2D eigenvalue weighted by molar-refractivity contribution is -0.134. The normalized spacial score (nSPS) is 10.8. The summed E-state index contributed by atoms with van der Waals surface area (Å²) in [6, 6.07) is 17.1. The van der Waals surface area contributed by atoms with Crippen LogP contribution in [0.2, 0.25) is 5.02 Å². The molecule has 2 aromatic carbocycles. The number of halogens is 1. The Hall–Kier alpha value is -2.96. The second kappa shape index (κ2) is 9.03. The van der Waals surface area contributed by atoms with Crippen LogP contribution in [0.1, 0.15) is 23.4 Å². The zero-order valence-corrected chi connectivity index (χ0v) is 16.9. The van der Waals surface area contributed by atoms with Crippen LogP contribution in [0, 0.1) is 0 Å². The molecule has 0 bridgehead atoms. The summed E-state index contributed by atoms with van der Waals surface area (Å²) in [4.78, 5) is 16.7. The van der Waals surface area contributed by atoms with E-state index in [0.29, 0.717) is 35.3 Å². The molecule has 0 atom stereocenters. The molecule has 2 heterocycles. The van der Waals surface area contributed by atoms with Crippen molar-refractivity contribution in [3.05, 3.63) is 87.4 Å². The summed E-state index contributed by atoms with van der Waals surface area (Å²) >= 11 is 7.70. The Morgan fingerprint density at radius 2 is 2.00 bits per heavy atom. The van der Waals surface area contributed by atoms with E-state index in [1.165, 1.54) is 0 Å². The van der Waals surface area contributed by atoms with E-state index in [-0.39, 0.29) is 12.4 Å². The van der Waals surface area contributed by atoms with Crippen LogP contribution in [0.5, 0.6) is 5.75 Å². The Kier molecular flexibility index (Phi) is 6.03. The lowest BCUT2D eigenvalue weighted by atomic mass is 10.0. The second-order valence-corrected chi connectivity index (χ2v) is 7.63. The Labute approximate surface area is 176 Å². The van der Waals surface area contributed by atoms with Crippen LogP contribution in [-0.4, -0.2) is 16.1 Å². The van der Waals surface area contributed by atoms with Gasteiger partial charge < -0.3 is 9.26 Å². The monoisotopic (exact) mass is 424 g/mol. The third kappa shape index (κ3) is 5.10. The van der Waals surface area contributed by atoms with Crippen molar-refractivity contribution < 1.29 is 14.1 Å². The van der Waals surface area contributed by atoms with Gasteiger partial charge in [-0.2, -0.15) is 16.3 Å². The Bertz CT molecular complexity index is 1090. The zero-order valence-electron chi connectivity index (χ0n) is 15.4. The molecule has 5 nitrogen and oxygen atoms in total. The van der Waals surface area contributed by atoms with Crippen LogP contribution in [-0.2, 0) is 17.6 Å². The Morgan fingerprint density at radius 3 is 2.79 bits per heavy atom. The quantitative estimate of drug-likeness (QED) is 0.286. The number of ether oxygens (including phenoxy) is 1. The van der Waals surface area contributed by atoms with E-state index in [1.807, 2.05) is 53.2 Å². The average molecular weight is 425 g/mol. The van der Waals surface area contributed by atoms with Crippen LogP contribution in [0.25, 0.3) is 11.4 Å². The summed E-state index contributed by atoms with van der Waals surface area (Å²) in [5.74, 6) is 1.07. The number of hydrogen-bond acceptors (Lipinski definition) is 6. The highest BCUT2D eigenvalue weighted by Crippen LogP contribution is 2.26. The van der Waals surface area contributed by atoms with Crippen LogP contribution in [0.3, 0.4) is 0 Å². The standard InChI is InChI=1S/C22H17ClN2O3S/c23-18-6-7-19(17(13-18)12-15-4-2-1-3-5-15)27-21(26)9-8-20-24-22(25-28-20)16-10-11-29-14-16/h1-7,10-11,13-14H,8-9,12H2. The molecule has 4 aromatic rings. The number of hydrogen-bond donors (Lipinski definition) is 0. The van der Waals surface area contributed by atoms with E-state index in [0.717, 1.165) is 16.7 Å². The van der Waals surface area contributed by atoms with Crippen molar-refractivity contribution in [1.82, 2.24) is 10.1 Å². The summed E-state index contributed by atoms with van der Waals surface area (Å²) in [6.45, 7) is 0. The first-order valence-electron chi connectivity index (χ1n) is 9.05. The lowest BCUT2D eigenvalue weighted by Gasteiger charge is -2.10. The number of aryl methyl sites for hydroxylation is 1. The second-order valence-electron chi connectivity index (χ2n) is 6.41. The van der Waals surface area contributed by atoms with E-state index in [9.17, 15) is 4.79 Å². The maximum atomic E-state index is 12.4. The first kappa shape index (κ1) is 19.4. The van der Waals surface area contributed by atoms with E-state index in [2.05, 4.69) is 10.1 Å². The van der Waals surface area contributed by atoms with E-state index >= 15 is 0 Å². The molecule has 0 aliphatic rings. The first-order chi connectivity index (χ1) is 14.2. The maximum absolute atomic E-state index is 12.4. The zero-order chi connectivity index (χ0) is 20.1. The SMILES string of the molecule is O=C(CCc1nc(-c2ccsc2)no1)Oc1ccc(Cl)cc1Cc1ccccc1. The van der Waals surface area contributed by atoms with Gasteiger partial charge in [0.1, 0.15) is 5.75 Å². The van der Waals surface area contributed by atoms with Gasteiger partial charge in [-0.05, 0) is 35.2 Å². The minimum Gasteiger partial charge on any atom is -0.426 e. The highest BCUT2D eigenvalue weighted by molar-refractivity contribution is 7.08. The minimum absolute atomic E-state index is 0.138. The number of esters is 1. The molecule has 4 rings (SSSR count). The van der Waals surface area contributed by atoms with E-state index < -0.39 is 0 Å². The van der Waals surface area contributed by atoms with Gasteiger partial charge in [0.15, 0.2) is 0 Å². The molecule has 0 aliphatic heterocycles. The summed E-state index contributed by atoms with van der Waals surface area (Å²) < 4.78 is 10.8. The molecule has 0 spiro atoms. The van der Waals surface area contributed by atoms with Crippen LogP contribution >= 0.6 is 22.9 Å². The van der Waals surface area contributed by atoms with Crippen molar-refractivity contribution in [3.63, 3.8) is 0 Å². The molecular weight excluding hydrogens is 408 g/mol. The van der Waals surface area contributed by atoms with Crippen LogP contribution < -0.4 is 4.74 Å². The topological polar surface area (TPSA) is 65.2 Å². The fraction of sp³-hybridized carbons (Fsp3) is 0.136. The minimum atomic E-state index is -0.364. The average Bonchev–Trinajstić information content (AvgIpc) is 3.41. The summed E-state index contributed by atoms with van der Waals surface area (Å²) in [7, 11) is 0. The van der Waals surface area contributed by atoms with Gasteiger partial charge in [-0.3, -0.25) is 4.79 Å². The number of rotatable bonds is 7. The smallest absolute Gasteiger partial charge is 0.311 e. The van der Waals surface area contributed by atoms with Gasteiger partial charge in [0.2, 0.25) is 11.7 Å². The van der Waals surface area contributed by atoms with Crippen molar-refractivity contribution in [3.8, 4) is 17.1 Å². The number of aromatic nitrogens is 2. The highest BCUT2D eigenvalue weighted by atomic mass is 35.5. The Balaban J connectivity index is 1.39. The predicted molar refractivity (Wildman–Crippen MR) is 112 cm³/mol. The van der Waals surface area contributed by atoms with Crippen LogP contribution in [0.15, 0.2) is 69.9 Å². The molecule has 0 radical (unpaired) electrons. The van der Waals surface area contributed by atoms with E-state index in [4.69, 9.17) is 20.9 Å².